The van der Waals surface area contributed by atoms with Crippen LogP contribution in [0.1, 0.15) is 23.0 Å². The van der Waals surface area contributed by atoms with E-state index >= 15 is 0 Å². The van der Waals surface area contributed by atoms with Crippen molar-refractivity contribution < 1.29 is 14.6 Å². The fourth-order valence-electron chi connectivity index (χ4n) is 2.52. The van der Waals surface area contributed by atoms with Crippen molar-refractivity contribution in [1.82, 2.24) is 15.4 Å². The SMILES string of the molecule is CCOC(=O)c1n[nH]nc1-c1ccc(-c2ccccc2CO)cc1. The van der Waals surface area contributed by atoms with E-state index in [0.717, 1.165) is 22.3 Å². The molecule has 6 heteroatoms. The number of nitrogens with zero attached hydrogens (tertiary/aromatic N) is 2. The fraction of sp³-hybridized carbons (Fsp3) is 0.167. The molecule has 0 atom stereocenters. The second-order valence-corrected chi connectivity index (χ2v) is 5.13. The molecule has 2 N–H and O–H groups in total. The van der Waals surface area contributed by atoms with Crippen LogP contribution < -0.4 is 0 Å². The number of aromatic amines is 1. The predicted octanol–water partition coefficient (Wildman–Crippen LogP) is 2.81. The van der Waals surface area contributed by atoms with E-state index in [1.54, 1.807) is 6.92 Å². The van der Waals surface area contributed by atoms with Crippen LogP contribution in [0.5, 0.6) is 0 Å². The van der Waals surface area contributed by atoms with Gasteiger partial charge in [0.1, 0.15) is 5.69 Å². The lowest BCUT2D eigenvalue weighted by Crippen LogP contribution is -2.06. The molecule has 3 rings (SSSR count). The van der Waals surface area contributed by atoms with Crippen LogP contribution in [0.15, 0.2) is 48.5 Å². The normalized spacial score (nSPS) is 10.6. The van der Waals surface area contributed by atoms with E-state index in [4.69, 9.17) is 4.74 Å². The number of aliphatic hydroxyl groups is 1. The second-order valence-electron chi connectivity index (χ2n) is 5.13. The predicted molar refractivity (Wildman–Crippen MR) is 89.1 cm³/mol. The molecule has 0 saturated heterocycles. The van der Waals surface area contributed by atoms with Crippen LogP contribution in [0.4, 0.5) is 0 Å². The third-order valence-electron chi connectivity index (χ3n) is 3.67. The lowest BCUT2D eigenvalue weighted by atomic mass is 9.98. The molecule has 0 aliphatic rings. The molecule has 3 aromatic rings. The van der Waals surface area contributed by atoms with Crippen LogP contribution in [-0.4, -0.2) is 33.1 Å². The van der Waals surface area contributed by atoms with Crippen molar-refractivity contribution in [3.05, 3.63) is 59.8 Å². The fourth-order valence-corrected chi connectivity index (χ4v) is 2.52. The molecule has 0 amide bonds. The van der Waals surface area contributed by atoms with Crippen LogP contribution in [0, 0.1) is 0 Å². The molecule has 0 aliphatic heterocycles. The molecule has 122 valence electrons. The Balaban J connectivity index is 1.94. The van der Waals surface area contributed by atoms with Gasteiger partial charge in [0.15, 0.2) is 5.69 Å². The smallest absolute Gasteiger partial charge is 0.361 e. The van der Waals surface area contributed by atoms with Gasteiger partial charge in [0, 0.05) is 5.56 Å². The zero-order chi connectivity index (χ0) is 16.9. The number of esters is 1. The van der Waals surface area contributed by atoms with Crippen molar-refractivity contribution in [2.45, 2.75) is 13.5 Å². The van der Waals surface area contributed by atoms with Gasteiger partial charge < -0.3 is 9.84 Å². The van der Waals surface area contributed by atoms with Crippen LogP contribution in [0.25, 0.3) is 22.4 Å². The van der Waals surface area contributed by atoms with Crippen LogP contribution in [-0.2, 0) is 11.3 Å². The first-order valence-corrected chi connectivity index (χ1v) is 7.62. The highest BCUT2D eigenvalue weighted by Gasteiger charge is 2.19. The van der Waals surface area contributed by atoms with Gasteiger partial charge in [-0.15, -0.1) is 5.10 Å². The summed E-state index contributed by atoms with van der Waals surface area (Å²) in [5.41, 5.74) is 4.19. The standard InChI is InChI=1S/C18H17N3O3/c1-2-24-18(23)17-16(19-21-20-17)13-9-7-12(8-10-13)15-6-4-3-5-14(15)11-22/h3-10,22H,2,11H2,1H3,(H,19,20,21). The molecule has 1 heterocycles. The minimum atomic E-state index is -0.504. The summed E-state index contributed by atoms with van der Waals surface area (Å²) in [7, 11) is 0. The maximum atomic E-state index is 11.9. The average Bonchev–Trinajstić information content (AvgIpc) is 3.12. The minimum absolute atomic E-state index is 0.0196. The van der Waals surface area contributed by atoms with E-state index in [2.05, 4.69) is 15.4 Å². The van der Waals surface area contributed by atoms with Crippen molar-refractivity contribution in [3.8, 4) is 22.4 Å². The summed E-state index contributed by atoms with van der Waals surface area (Å²) >= 11 is 0. The summed E-state index contributed by atoms with van der Waals surface area (Å²) in [6, 6.07) is 15.2. The molecule has 0 saturated carbocycles. The zero-order valence-electron chi connectivity index (χ0n) is 13.2. The lowest BCUT2D eigenvalue weighted by Gasteiger charge is -2.08. The Morgan fingerprint density at radius 3 is 2.50 bits per heavy atom. The van der Waals surface area contributed by atoms with E-state index in [0.29, 0.717) is 5.69 Å². The maximum Gasteiger partial charge on any atom is 0.361 e. The summed E-state index contributed by atoms with van der Waals surface area (Å²) in [6.07, 6.45) is 0. The van der Waals surface area contributed by atoms with Gasteiger partial charge >= 0.3 is 5.97 Å². The van der Waals surface area contributed by atoms with Gasteiger partial charge in [0.2, 0.25) is 0 Å². The number of nitrogens with one attached hydrogen (secondary N) is 1. The van der Waals surface area contributed by atoms with E-state index in [9.17, 15) is 9.90 Å². The first-order valence-electron chi connectivity index (χ1n) is 7.62. The Bertz CT molecular complexity index is 841. The summed E-state index contributed by atoms with van der Waals surface area (Å²) in [6.45, 7) is 2.00. The average molecular weight is 323 g/mol. The highest BCUT2D eigenvalue weighted by Crippen LogP contribution is 2.27. The molecule has 0 fully saturated rings. The molecule has 24 heavy (non-hydrogen) atoms. The molecule has 1 aromatic heterocycles. The number of rotatable bonds is 5. The van der Waals surface area contributed by atoms with Gasteiger partial charge in [-0.1, -0.05) is 48.5 Å². The van der Waals surface area contributed by atoms with Gasteiger partial charge in [0.25, 0.3) is 0 Å². The summed E-state index contributed by atoms with van der Waals surface area (Å²) in [5.74, 6) is -0.504. The van der Waals surface area contributed by atoms with Gasteiger partial charge in [0.05, 0.1) is 13.2 Å². The number of benzene rings is 2. The molecular weight excluding hydrogens is 306 g/mol. The van der Waals surface area contributed by atoms with E-state index < -0.39 is 5.97 Å². The Labute approximate surface area is 139 Å². The third-order valence-corrected chi connectivity index (χ3v) is 3.67. The molecule has 6 nitrogen and oxygen atoms in total. The number of hydrogen-bond donors (Lipinski definition) is 2. The Morgan fingerprint density at radius 1 is 1.08 bits per heavy atom. The van der Waals surface area contributed by atoms with Crippen molar-refractivity contribution in [3.63, 3.8) is 0 Å². The van der Waals surface area contributed by atoms with Crippen molar-refractivity contribution in [1.29, 1.82) is 0 Å². The number of aromatic nitrogens is 3. The molecule has 0 bridgehead atoms. The van der Waals surface area contributed by atoms with Gasteiger partial charge in [-0.3, -0.25) is 0 Å². The van der Waals surface area contributed by atoms with Crippen LogP contribution in [0.2, 0.25) is 0 Å². The van der Waals surface area contributed by atoms with Crippen LogP contribution >= 0.6 is 0 Å². The Hall–Kier alpha value is -2.99. The van der Waals surface area contributed by atoms with Crippen LogP contribution in [0.3, 0.4) is 0 Å². The monoisotopic (exact) mass is 323 g/mol. The van der Waals surface area contributed by atoms with Gasteiger partial charge in [-0.25, -0.2) is 4.79 Å². The number of hydrogen-bond acceptors (Lipinski definition) is 5. The minimum Gasteiger partial charge on any atom is -0.461 e. The summed E-state index contributed by atoms with van der Waals surface area (Å²) in [5, 5.41) is 19.8. The quantitative estimate of drug-likeness (QED) is 0.705. The molecular formula is C18H17N3O3. The molecule has 0 unspecified atom stereocenters. The molecule has 0 radical (unpaired) electrons. The van der Waals surface area contributed by atoms with Gasteiger partial charge in [-0.2, -0.15) is 10.3 Å². The molecule has 0 aliphatic carbocycles. The second kappa shape index (κ2) is 7.06. The number of carbonyl (C=O) groups is 1. The first kappa shape index (κ1) is 15.9. The first-order chi connectivity index (χ1) is 11.7. The van der Waals surface area contributed by atoms with E-state index in [1.165, 1.54) is 0 Å². The summed E-state index contributed by atoms with van der Waals surface area (Å²) < 4.78 is 4.98. The maximum absolute atomic E-state index is 11.9. The third kappa shape index (κ3) is 3.04. The zero-order valence-corrected chi connectivity index (χ0v) is 13.2. The number of H-pyrrole nitrogens is 1. The highest BCUT2D eigenvalue weighted by molar-refractivity contribution is 5.94. The molecule has 2 aromatic carbocycles. The number of carbonyl (C=O) groups excluding carboxylic acids is 1. The van der Waals surface area contributed by atoms with Gasteiger partial charge in [-0.05, 0) is 23.6 Å². The van der Waals surface area contributed by atoms with Crippen molar-refractivity contribution >= 4 is 5.97 Å². The largest absolute Gasteiger partial charge is 0.461 e. The summed E-state index contributed by atoms with van der Waals surface area (Å²) in [4.78, 5) is 11.9. The lowest BCUT2D eigenvalue weighted by molar-refractivity contribution is 0.0520. The Morgan fingerprint density at radius 2 is 1.79 bits per heavy atom. The number of ether oxygens (including phenoxy) is 1. The van der Waals surface area contributed by atoms with Crippen molar-refractivity contribution in [2.75, 3.05) is 6.61 Å². The van der Waals surface area contributed by atoms with Crippen molar-refractivity contribution in [2.24, 2.45) is 0 Å². The molecule has 0 spiro atoms. The highest BCUT2D eigenvalue weighted by atomic mass is 16.5. The number of aliphatic hydroxyl groups excluding tert-OH is 1. The van der Waals surface area contributed by atoms with E-state index in [-0.39, 0.29) is 18.9 Å². The topological polar surface area (TPSA) is 88.1 Å². The van der Waals surface area contributed by atoms with E-state index in [1.807, 2.05) is 48.5 Å². The Kier molecular flexibility index (Phi) is 4.67.